The van der Waals surface area contributed by atoms with E-state index in [0.29, 0.717) is 6.04 Å². The van der Waals surface area contributed by atoms with E-state index in [9.17, 15) is 0 Å². The van der Waals surface area contributed by atoms with Gasteiger partial charge in [0.25, 0.3) is 0 Å². The third-order valence-electron chi connectivity index (χ3n) is 2.67. The highest BCUT2D eigenvalue weighted by atomic mass is 16.5. The van der Waals surface area contributed by atoms with Crippen LogP contribution in [-0.2, 0) is 4.74 Å². The lowest BCUT2D eigenvalue weighted by Crippen LogP contribution is -2.29. The van der Waals surface area contributed by atoms with Crippen LogP contribution in [0, 0.1) is 5.92 Å². The molecule has 14 heavy (non-hydrogen) atoms. The van der Waals surface area contributed by atoms with E-state index in [1.807, 2.05) is 0 Å². The van der Waals surface area contributed by atoms with Crippen LogP contribution in [0.2, 0.25) is 0 Å². The molecular weight excluding hydrogens is 174 g/mol. The molecule has 86 valence electrons. The maximum atomic E-state index is 5.39. The molecule has 1 atom stereocenters. The van der Waals surface area contributed by atoms with Crippen molar-refractivity contribution in [3.63, 3.8) is 0 Å². The number of hydrogen-bond acceptors (Lipinski definition) is 2. The molecule has 0 bridgehead atoms. The van der Waals surface area contributed by atoms with Crippen LogP contribution < -0.4 is 5.32 Å². The van der Waals surface area contributed by atoms with Crippen molar-refractivity contribution in [1.82, 2.24) is 5.32 Å². The minimum absolute atomic E-state index is 0.0338. The lowest BCUT2D eigenvalue weighted by molar-refractivity contribution is 0.0108. The third kappa shape index (κ3) is 7.34. The average Bonchev–Trinajstić information content (AvgIpc) is 2.11. The number of nitrogens with one attached hydrogen (secondary N) is 1. The lowest BCUT2D eigenvalue weighted by atomic mass is 9.96. The molecular formula is C12H27NO. The fraction of sp³-hybridized carbons (Fsp3) is 1.00. The van der Waals surface area contributed by atoms with Crippen molar-refractivity contribution in [3.05, 3.63) is 0 Å². The smallest absolute Gasteiger partial charge is 0.0622 e. The van der Waals surface area contributed by atoms with Gasteiger partial charge in [0, 0.05) is 13.2 Å². The quantitative estimate of drug-likeness (QED) is 0.684. The van der Waals surface area contributed by atoms with Crippen molar-refractivity contribution in [3.8, 4) is 0 Å². The van der Waals surface area contributed by atoms with Gasteiger partial charge in [-0.3, -0.25) is 0 Å². The lowest BCUT2D eigenvalue weighted by Gasteiger charge is -2.25. The first-order chi connectivity index (χ1) is 6.37. The number of hydrogen-bond donors (Lipinski definition) is 1. The summed E-state index contributed by atoms with van der Waals surface area (Å²) in [6, 6.07) is 0.591. The van der Waals surface area contributed by atoms with Gasteiger partial charge in [0.05, 0.1) is 5.60 Å². The summed E-state index contributed by atoms with van der Waals surface area (Å²) >= 11 is 0. The minimum Gasteiger partial charge on any atom is -0.379 e. The molecule has 2 nitrogen and oxygen atoms in total. The number of rotatable bonds is 7. The number of methoxy groups -OCH3 is 1. The van der Waals surface area contributed by atoms with E-state index in [-0.39, 0.29) is 5.60 Å². The predicted molar refractivity (Wildman–Crippen MR) is 62.6 cm³/mol. The number of ether oxygens (including phenoxy) is 1. The zero-order valence-electron chi connectivity index (χ0n) is 10.7. The van der Waals surface area contributed by atoms with Crippen LogP contribution in [0.4, 0.5) is 0 Å². The first-order valence-electron chi connectivity index (χ1n) is 5.66. The summed E-state index contributed by atoms with van der Waals surface area (Å²) in [6.07, 6.45) is 2.35. The Balaban J connectivity index is 3.58. The second-order valence-electron chi connectivity index (χ2n) is 5.17. The Hall–Kier alpha value is -0.0800. The Morgan fingerprint density at radius 3 is 2.21 bits per heavy atom. The minimum atomic E-state index is 0.0338. The molecule has 0 saturated heterocycles. The van der Waals surface area contributed by atoms with Crippen molar-refractivity contribution in [2.45, 2.75) is 59.1 Å². The van der Waals surface area contributed by atoms with E-state index in [0.717, 1.165) is 18.9 Å². The molecule has 0 aromatic rings. The van der Waals surface area contributed by atoms with Crippen LogP contribution in [0.15, 0.2) is 0 Å². The van der Waals surface area contributed by atoms with Crippen LogP contribution >= 0.6 is 0 Å². The molecule has 0 amide bonds. The van der Waals surface area contributed by atoms with Gasteiger partial charge in [-0.1, -0.05) is 20.8 Å². The van der Waals surface area contributed by atoms with Crippen molar-refractivity contribution in [2.24, 2.45) is 5.92 Å². The molecule has 1 N–H and O–H groups in total. The zero-order valence-corrected chi connectivity index (χ0v) is 10.7. The molecule has 0 rings (SSSR count). The second-order valence-corrected chi connectivity index (χ2v) is 5.17. The molecule has 0 saturated carbocycles. The maximum absolute atomic E-state index is 5.39. The van der Waals surface area contributed by atoms with Gasteiger partial charge in [-0.05, 0) is 39.2 Å². The SMILES string of the molecule is COC(C)(C)CCC(C)CNC(C)C. The summed E-state index contributed by atoms with van der Waals surface area (Å²) in [5.41, 5.74) is 0.0338. The van der Waals surface area contributed by atoms with E-state index in [1.165, 1.54) is 6.42 Å². The van der Waals surface area contributed by atoms with Crippen LogP contribution in [0.25, 0.3) is 0 Å². The molecule has 0 heterocycles. The highest BCUT2D eigenvalue weighted by Crippen LogP contribution is 2.18. The third-order valence-corrected chi connectivity index (χ3v) is 2.67. The summed E-state index contributed by atoms with van der Waals surface area (Å²) in [5, 5.41) is 3.46. The monoisotopic (exact) mass is 201 g/mol. The molecule has 0 fully saturated rings. The highest BCUT2D eigenvalue weighted by Gasteiger charge is 2.17. The largest absolute Gasteiger partial charge is 0.379 e. The summed E-state index contributed by atoms with van der Waals surface area (Å²) < 4.78 is 5.39. The van der Waals surface area contributed by atoms with Crippen LogP contribution in [0.1, 0.15) is 47.5 Å². The van der Waals surface area contributed by atoms with E-state index >= 15 is 0 Å². The van der Waals surface area contributed by atoms with Crippen molar-refractivity contribution >= 4 is 0 Å². The fourth-order valence-electron chi connectivity index (χ4n) is 1.24. The summed E-state index contributed by atoms with van der Waals surface area (Å²) in [7, 11) is 1.79. The van der Waals surface area contributed by atoms with Gasteiger partial charge in [-0.2, -0.15) is 0 Å². The molecule has 0 aromatic carbocycles. The molecule has 0 aliphatic heterocycles. The van der Waals surface area contributed by atoms with Crippen molar-refractivity contribution in [2.75, 3.05) is 13.7 Å². The van der Waals surface area contributed by atoms with E-state index in [2.05, 4.69) is 39.9 Å². The predicted octanol–water partition coefficient (Wildman–Crippen LogP) is 2.83. The fourth-order valence-corrected chi connectivity index (χ4v) is 1.24. The maximum Gasteiger partial charge on any atom is 0.0622 e. The van der Waals surface area contributed by atoms with Crippen molar-refractivity contribution < 1.29 is 4.74 Å². The Morgan fingerprint density at radius 1 is 1.21 bits per heavy atom. The van der Waals surface area contributed by atoms with Gasteiger partial charge in [0.2, 0.25) is 0 Å². The van der Waals surface area contributed by atoms with Crippen molar-refractivity contribution in [1.29, 1.82) is 0 Å². The van der Waals surface area contributed by atoms with Gasteiger partial charge in [0.15, 0.2) is 0 Å². The average molecular weight is 201 g/mol. The van der Waals surface area contributed by atoms with Gasteiger partial charge in [-0.15, -0.1) is 0 Å². The zero-order chi connectivity index (χ0) is 11.2. The van der Waals surface area contributed by atoms with Gasteiger partial charge in [0.1, 0.15) is 0 Å². The van der Waals surface area contributed by atoms with Crippen LogP contribution in [0.5, 0.6) is 0 Å². The Morgan fingerprint density at radius 2 is 1.79 bits per heavy atom. The molecule has 0 spiro atoms. The second kappa shape index (κ2) is 6.41. The highest BCUT2D eigenvalue weighted by molar-refractivity contribution is 4.70. The Kier molecular flexibility index (Phi) is 6.38. The molecule has 0 aliphatic carbocycles. The topological polar surface area (TPSA) is 21.3 Å². The molecule has 2 heteroatoms. The summed E-state index contributed by atoms with van der Waals surface area (Å²) in [4.78, 5) is 0. The van der Waals surface area contributed by atoms with E-state index < -0.39 is 0 Å². The Bertz CT molecular complexity index is 143. The summed E-state index contributed by atoms with van der Waals surface area (Å²) in [6.45, 7) is 12.1. The van der Waals surface area contributed by atoms with Crippen LogP contribution in [0.3, 0.4) is 0 Å². The first-order valence-corrected chi connectivity index (χ1v) is 5.66. The first kappa shape index (κ1) is 13.9. The van der Waals surface area contributed by atoms with Crippen LogP contribution in [-0.4, -0.2) is 25.3 Å². The normalized spacial score (nSPS) is 14.8. The van der Waals surface area contributed by atoms with E-state index in [1.54, 1.807) is 7.11 Å². The molecule has 0 radical (unpaired) electrons. The molecule has 1 unspecified atom stereocenters. The molecule has 0 aromatic heterocycles. The van der Waals surface area contributed by atoms with Gasteiger partial charge >= 0.3 is 0 Å². The Labute approximate surface area is 89.4 Å². The van der Waals surface area contributed by atoms with E-state index in [4.69, 9.17) is 4.74 Å². The molecule has 0 aliphatic rings. The summed E-state index contributed by atoms with van der Waals surface area (Å²) in [5.74, 6) is 0.729. The van der Waals surface area contributed by atoms with Gasteiger partial charge in [-0.25, -0.2) is 0 Å². The van der Waals surface area contributed by atoms with Gasteiger partial charge < -0.3 is 10.1 Å². The standard InChI is InChI=1S/C12H27NO/c1-10(2)13-9-11(3)7-8-12(4,5)14-6/h10-11,13H,7-9H2,1-6H3.